The van der Waals surface area contributed by atoms with Crippen LogP contribution in [0.25, 0.3) is 0 Å². The molecule has 0 amide bonds. The molecular formula is C21H29NO4. The molecule has 142 valence electrons. The number of rotatable bonds is 5. The molecule has 0 bridgehead atoms. The first kappa shape index (κ1) is 18.9. The van der Waals surface area contributed by atoms with Gasteiger partial charge in [0.2, 0.25) is 0 Å². The Balaban J connectivity index is 1.40. The summed E-state index contributed by atoms with van der Waals surface area (Å²) in [7, 11) is 0. The van der Waals surface area contributed by atoms with E-state index in [1.807, 2.05) is 32.9 Å². The maximum Gasteiger partial charge on any atom is 0.320 e. The summed E-state index contributed by atoms with van der Waals surface area (Å²) in [6.45, 7) is 7.97. The maximum atomic E-state index is 12.0. The van der Waals surface area contributed by atoms with E-state index in [1.54, 1.807) is 12.1 Å². The van der Waals surface area contributed by atoms with Gasteiger partial charge in [0, 0.05) is 5.56 Å². The van der Waals surface area contributed by atoms with E-state index >= 15 is 0 Å². The lowest BCUT2D eigenvalue weighted by Gasteiger charge is -2.51. The molecule has 5 heteroatoms. The van der Waals surface area contributed by atoms with Crippen molar-refractivity contribution in [3.63, 3.8) is 0 Å². The Morgan fingerprint density at radius 1 is 1.19 bits per heavy atom. The van der Waals surface area contributed by atoms with Crippen molar-refractivity contribution in [1.82, 2.24) is 4.90 Å². The molecule has 1 heterocycles. The van der Waals surface area contributed by atoms with Crippen molar-refractivity contribution >= 4 is 12.3 Å². The quantitative estimate of drug-likeness (QED) is 0.595. The number of benzene rings is 1. The van der Waals surface area contributed by atoms with E-state index in [-0.39, 0.29) is 12.1 Å². The molecule has 0 aromatic heterocycles. The summed E-state index contributed by atoms with van der Waals surface area (Å²) in [5.41, 5.74) is 0.619. The van der Waals surface area contributed by atoms with Crippen LogP contribution in [0.4, 0.5) is 0 Å². The zero-order valence-electron chi connectivity index (χ0n) is 16.0. The fourth-order valence-corrected chi connectivity index (χ4v) is 3.96. The van der Waals surface area contributed by atoms with Crippen LogP contribution < -0.4 is 4.74 Å². The highest BCUT2D eigenvalue weighted by Gasteiger charge is 2.47. The van der Waals surface area contributed by atoms with Gasteiger partial charge in [0.1, 0.15) is 17.6 Å². The van der Waals surface area contributed by atoms with Crippen LogP contribution in [0.1, 0.15) is 56.8 Å². The number of carbonyl (C=O) groups is 2. The van der Waals surface area contributed by atoms with Crippen LogP contribution >= 0.6 is 0 Å². The van der Waals surface area contributed by atoms with E-state index in [2.05, 4.69) is 4.90 Å². The molecule has 26 heavy (non-hydrogen) atoms. The fourth-order valence-electron chi connectivity index (χ4n) is 3.96. The summed E-state index contributed by atoms with van der Waals surface area (Å²) in [4.78, 5) is 24.9. The summed E-state index contributed by atoms with van der Waals surface area (Å²) in [6.07, 6.45) is 5.47. The molecule has 1 spiro atoms. The zero-order chi connectivity index (χ0) is 18.8. The zero-order valence-corrected chi connectivity index (χ0v) is 16.0. The predicted octanol–water partition coefficient (Wildman–Crippen LogP) is 3.46. The van der Waals surface area contributed by atoms with Crippen molar-refractivity contribution in [1.29, 1.82) is 0 Å². The van der Waals surface area contributed by atoms with E-state index in [0.29, 0.717) is 17.5 Å². The van der Waals surface area contributed by atoms with Crippen LogP contribution in [0.3, 0.4) is 0 Å². The minimum Gasteiger partial charge on any atom is -0.490 e. The lowest BCUT2D eigenvalue weighted by Crippen LogP contribution is -2.51. The second-order valence-corrected chi connectivity index (χ2v) is 8.70. The molecule has 2 fully saturated rings. The number of nitrogens with zero attached hydrogens (tertiary/aromatic N) is 1. The van der Waals surface area contributed by atoms with Crippen LogP contribution in [-0.4, -0.2) is 48.5 Å². The first-order valence-corrected chi connectivity index (χ1v) is 9.43. The Labute approximate surface area is 155 Å². The topological polar surface area (TPSA) is 55.8 Å². The number of hydrogen-bond donors (Lipinski definition) is 0. The molecule has 1 saturated heterocycles. The number of aldehydes is 1. The largest absolute Gasteiger partial charge is 0.490 e. The number of likely N-dealkylation sites (tertiary alicyclic amines) is 1. The van der Waals surface area contributed by atoms with Crippen LogP contribution in [-0.2, 0) is 9.53 Å². The minimum atomic E-state index is -0.420. The smallest absolute Gasteiger partial charge is 0.320 e. The van der Waals surface area contributed by atoms with E-state index in [4.69, 9.17) is 9.47 Å². The minimum absolute atomic E-state index is 0.137. The fraction of sp³-hybridized carbons (Fsp3) is 0.619. The molecule has 0 N–H and O–H groups in total. The highest BCUT2D eigenvalue weighted by Crippen LogP contribution is 2.50. The first-order valence-electron chi connectivity index (χ1n) is 9.43. The summed E-state index contributed by atoms with van der Waals surface area (Å²) in [6, 6.07) is 7.29. The summed E-state index contributed by atoms with van der Waals surface area (Å²) >= 11 is 0. The van der Waals surface area contributed by atoms with Gasteiger partial charge in [-0.2, -0.15) is 0 Å². The molecule has 0 atom stereocenters. The monoisotopic (exact) mass is 359 g/mol. The van der Waals surface area contributed by atoms with Gasteiger partial charge in [-0.15, -0.1) is 0 Å². The Kier molecular flexibility index (Phi) is 5.37. The summed E-state index contributed by atoms with van der Waals surface area (Å²) < 4.78 is 11.4. The van der Waals surface area contributed by atoms with Gasteiger partial charge in [0.25, 0.3) is 0 Å². The molecule has 5 nitrogen and oxygen atoms in total. The van der Waals surface area contributed by atoms with Crippen LogP contribution in [0.5, 0.6) is 5.75 Å². The Bertz CT molecular complexity index is 631. The SMILES string of the molecule is CC(C)(C)OC(=O)CN1CCC2(CC1)CC(Oc1ccc(C=O)cc1)C2. The van der Waals surface area contributed by atoms with Crippen molar-refractivity contribution in [3.05, 3.63) is 29.8 Å². The molecule has 0 unspecified atom stereocenters. The third-order valence-electron chi connectivity index (χ3n) is 5.33. The van der Waals surface area contributed by atoms with Crippen molar-refractivity contribution in [3.8, 4) is 5.75 Å². The van der Waals surface area contributed by atoms with Crippen LogP contribution in [0, 0.1) is 5.41 Å². The molecule has 0 radical (unpaired) electrons. The van der Waals surface area contributed by atoms with Gasteiger partial charge >= 0.3 is 5.97 Å². The highest BCUT2D eigenvalue weighted by atomic mass is 16.6. The molecule has 1 saturated carbocycles. The predicted molar refractivity (Wildman–Crippen MR) is 99.4 cm³/mol. The Morgan fingerprint density at radius 2 is 1.81 bits per heavy atom. The van der Waals surface area contributed by atoms with E-state index in [1.165, 1.54) is 0 Å². The third-order valence-corrected chi connectivity index (χ3v) is 5.33. The van der Waals surface area contributed by atoms with Gasteiger partial charge in [0.05, 0.1) is 12.6 Å². The lowest BCUT2D eigenvalue weighted by molar-refractivity contribution is -0.157. The second-order valence-electron chi connectivity index (χ2n) is 8.70. The van der Waals surface area contributed by atoms with Crippen molar-refractivity contribution < 1.29 is 19.1 Å². The van der Waals surface area contributed by atoms with Gasteiger partial charge in [-0.1, -0.05) is 0 Å². The first-order chi connectivity index (χ1) is 12.3. The van der Waals surface area contributed by atoms with E-state index < -0.39 is 5.60 Å². The number of esters is 1. The highest BCUT2D eigenvalue weighted by molar-refractivity contribution is 5.74. The van der Waals surface area contributed by atoms with E-state index in [0.717, 1.165) is 50.8 Å². The summed E-state index contributed by atoms with van der Waals surface area (Å²) in [5.74, 6) is 0.694. The number of carbonyl (C=O) groups excluding carboxylic acids is 2. The standard InChI is InChI=1S/C21H29NO4/c1-20(2,3)26-19(24)14-22-10-8-21(9-11-22)12-18(13-21)25-17-6-4-16(15-23)5-7-17/h4-7,15,18H,8-14H2,1-3H3. The van der Waals surface area contributed by atoms with Gasteiger partial charge in [-0.05, 0) is 89.2 Å². The van der Waals surface area contributed by atoms with Crippen molar-refractivity contribution in [2.75, 3.05) is 19.6 Å². The van der Waals surface area contributed by atoms with Gasteiger partial charge in [-0.25, -0.2) is 0 Å². The average Bonchev–Trinajstić information content (AvgIpc) is 2.54. The number of piperidine rings is 1. The Morgan fingerprint density at radius 3 is 2.35 bits per heavy atom. The van der Waals surface area contributed by atoms with Crippen LogP contribution in [0.15, 0.2) is 24.3 Å². The number of hydrogen-bond acceptors (Lipinski definition) is 5. The molecule has 1 aliphatic heterocycles. The van der Waals surface area contributed by atoms with Crippen molar-refractivity contribution in [2.24, 2.45) is 5.41 Å². The van der Waals surface area contributed by atoms with Crippen molar-refractivity contribution in [2.45, 2.75) is 58.2 Å². The molecule has 3 rings (SSSR count). The third kappa shape index (κ3) is 4.85. The summed E-state index contributed by atoms with van der Waals surface area (Å²) in [5, 5.41) is 0. The number of ether oxygens (including phenoxy) is 2. The molecule has 1 aromatic rings. The van der Waals surface area contributed by atoms with E-state index in [9.17, 15) is 9.59 Å². The Hall–Kier alpha value is -1.88. The van der Waals surface area contributed by atoms with Gasteiger partial charge < -0.3 is 9.47 Å². The van der Waals surface area contributed by atoms with Crippen LogP contribution in [0.2, 0.25) is 0 Å². The second kappa shape index (κ2) is 7.39. The average molecular weight is 359 g/mol. The maximum absolute atomic E-state index is 12.0. The molecule has 1 aliphatic carbocycles. The normalized spacial score (nSPS) is 20.4. The molecular weight excluding hydrogens is 330 g/mol. The molecule has 1 aromatic carbocycles. The van der Waals surface area contributed by atoms with Gasteiger partial charge in [0.15, 0.2) is 0 Å². The molecule has 2 aliphatic rings. The van der Waals surface area contributed by atoms with Gasteiger partial charge in [-0.3, -0.25) is 14.5 Å². The lowest BCUT2D eigenvalue weighted by atomic mass is 9.61.